The summed E-state index contributed by atoms with van der Waals surface area (Å²) in [5.74, 6) is 0. The third kappa shape index (κ3) is 2.46. The van der Waals surface area contributed by atoms with Crippen LogP contribution >= 0.6 is 0 Å². The van der Waals surface area contributed by atoms with Crippen LogP contribution in [0.5, 0.6) is 0 Å². The van der Waals surface area contributed by atoms with Crippen LogP contribution in [0.4, 0.5) is 15.8 Å². The van der Waals surface area contributed by atoms with Crippen molar-refractivity contribution in [3.8, 4) is 0 Å². The van der Waals surface area contributed by atoms with Gasteiger partial charge in [-0.05, 0) is 38.1 Å². The van der Waals surface area contributed by atoms with Crippen LogP contribution in [0, 0.1) is 0 Å². The topological polar surface area (TPSA) is 19.4 Å². The van der Waals surface area contributed by atoms with Crippen molar-refractivity contribution in [2.24, 2.45) is 0 Å². The maximum absolute atomic E-state index is 13.1. The van der Waals surface area contributed by atoms with Gasteiger partial charge in [-0.15, -0.1) is 0 Å². The van der Waals surface area contributed by atoms with E-state index in [-0.39, 0.29) is 0 Å². The second-order valence-corrected chi connectivity index (χ2v) is 5.52. The van der Waals surface area contributed by atoms with E-state index in [1.165, 1.54) is 5.70 Å². The molecule has 0 amide bonds. The number of allylic oxidation sites excluding steroid dienone is 2. The van der Waals surface area contributed by atoms with E-state index < -0.39 is 6.17 Å². The van der Waals surface area contributed by atoms with Gasteiger partial charge in [0, 0.05) is 30.0 Å². The molecule has 1 saturated heterocycles. The number of hydrogen-bond acceptors (Lipinski definition) is 3. The van der Waals surface area contributed by atoms with Gasteiger partial charge >= 0.3 is 0 Å². The lowest BCUT2D eigenvalue weighted by molar-refractivity contribution is 0.275. The van der Waals surface area contributed by atoms with Crippen LogP contribution in [-0.4, -0.2) is 31.3 Å². The molecule has 1 aromatic carbocycles. The summed E-state index contributed by atoms with van der Waals surface area (Å²) in [7, 11) is 2.05. The summed E-state index contributed by atoms with van der Waals surface area (Å²) in [5, 5.41) is 1.10. The quantitative estimate of drug-likeness (QED) is 0.856. The second kappa shape index (κ2) is 5.35. The third-order valence-electron chi connectivity index (χ3n) is 4.21. The van der Waals surface area contributed by atoms with E-state index in [9.17, 15) is 4.39 Å². The van der Waals surface area contributed by atoms with E-state index >= 15 is 0 Å². The molecule has 3 rings (SSSR count). The summed E-state index contributed by atoms with van der Waals surface area (Å²) in [6.07, 6.45) is 3.22. The van der Waals surface area contributed by atoms with Crippen LogP contribution in [0.2, 0.25) is 0 Å². The Morgan fingerprint density at radius 1 is 1.38 bits per heavy atom. The molecule has 0 saturated carbocycles. The molecule has 1 fully saturated rings. The summed E-state index contributed by atoms with van der Waals surface area (Å²) in [5.41, 5.74) is 4.33. The molecule has 21 heavy (non-hydrogen) atoms. The molecule has 0 spiro atoms. The highest BCUT2D eigenvalue weighted by Crippen LogP contribution is 2.32. The third-order valence-corrected chi connectivity index (χ3v) is 4.21. The van der Waals surface area contributed by atoms with E-state index in [1.54, 1.807) is 0 Å². The van der Waals surface area contributed by atoms with E-state index in [1.807, 2.05) is 31.3 Å². The Morgan fingerprint density at radius 3 is 2.81 bits per heavy atom. The maximum atomic E-state index is 13.1. The number of nitrogens with zero attached hydrogens (tertiary/aromatic N) is 3. The highest BCUT2D eigenvalue weighted by atomic mass is 19.1. The monoisotopic (exact) mass is 285 g/mol. The van der Waals surface area contributed by atoms with Crippen LogP contribution in [0.15, 0.2) is 42.2 Å². The molecule has 0 N–H and O–H groups in total. The normalized spacial score (nSPS) is 16.2. The van der Waals surface area contributed by atoms with E-state index in [0.29, 0.717) is 13.1 Å². The van der Waals surface area contributed by atoms with E-state index in [4.69, 9.17) is 0 Å². The minimum Gasteiger partial charge on any atom is -0.366 e. The van der Waals surface area contributed by atoms with Crippen molar-refractivity contribution in [1.82, 2.24) is 4.98 Å². The molecular formula is C17H20FN3. The Hall–Kier alpha value is -2.10. The van der Waals surface area contributed by atoms with Crippen LogP contribution in [-0.2, 0) is 0 Å². The van der Waals surface area contributed by atoms with Crippen LogP contribution in [0.1, 0.15) is 13.8 Å². The van der Waals surface area contributed by atoms with Gasteiger partial charge in [-0.1, -0.05) is 6.08 Å². The summed E-state index contributed by atoms with van der Waals surface area (Å²) in [4.78, 5) is 8.64. The fraction of sp³-hybridized carbons (Fsp3) is 0.353. The predicted octanol–water partition coefficient (Wildman–Crippen LogP) is 3.75. The molecular weight excluding hydrogens is 265 g/mol. The van der Waals surface area contributed by atoms with Crippen molar-refractivity contribution >= 4 is 22.3 Å². The fourth-order valence-electron chi connectivity index (χ4n) is 2.63. The molecule has 0 atom stereocenters. The fourth-order valence-corrected chi connectivity index (χ4v) is 2.63. The first-order chi connectivity index (χ1) is 10.1. The molecule has 4 heteroatoms. The standard InChI is InChI=1S/C17H20FN3/c1-4-12(2)20(3)17-7-8-19-16-6-5-14(9-15(16)17)21-10-13(18)11-21/h4-9,13H,10-11H2,1-3H3/b12-4+. The molecule has 1 aliphatic rings. The molecule has 0 bridgehead atoms. The van der Waals surface area contributed by atoms with Gasteiger partial charge < -0.3 is 9.80 Å². The number of fused-ring (bicyclic) bond motifs is 1. The Morgan fingerprint density at radius 2 is 2.14 bits per heavy atom. The number of aromatic nitrogens is 1. The van der Waals surface area contributed by atoms with Crippen molar-refractivity contribution in [1.29, 1.82) is 0 Å². The summed E-state index contributed by atoms with van der Waals surface area (Å²) in [6.45, 7) is 5.09. The molecule has 2 heterocycles. The van der Waals surface area contributed by atoms with Gasteiger partial charge in [0.15, 0.2) is 0 Å². The van der Waals surface area contributed by atoms with Gasteiger partial charge in [-0.25, -0.2) is 4.39 Å². The van der Waals surface area contributed by atoms with Crippen molar-refractivity contribution < 1.29 is 4.39 Å². The van der Waals surface area contributed by atoms with Gasteiger partial charge in [0.05, 0.1) is 24.3 Å². The highest BCUT2D eigenvalue weighted by Gasteiger charge is 2.26. The number of pyridine rings is 1. The zero-order valence-electron chi connectivity index (χ0n) is 12.7. The average molecular weight is 285 g/mol. The minimum absolute atomic E-state index is 0.491. The first-order valence-electron chi connectivity index (χ1n) is 7.24. The number of hydrogen-bond donors (Lipinski definition) is 0. The van der Waals surface area contributed by atoms with Crippen LogP contribution < -0.4 is 9.80 Å². The largest absolute Gasteiger partial charge is 0.366 e. The number of benzene rings is 1. The SMILES string of the molecule is C/C=C(\C)N(C)c1ccnc2ccc(N3CC(F)C3)cc12. The number of anilines is 2. The molecule has 3 nitrogen and oxygen atoms in total. The lowest BCUT2D eigenvalue weighted by atomic mass is 10.1. The molecule has 1 aromatic heterocycles. The minimum atomic E-state index is -0.693. The maximum Gasteiger partial charge on any atom is 0.135 e. The van der Waals surface area contributed by atoms with Gasteiger partial charge in [0.25, 0.3) is 0 Å². The number of alkyl halides is 1. The van der Waals surface area contributed by atoms with Gasteiger partial charge in [-0.3, -0.25) is 4.98 Å². The van der Waals surface area contributed by atoms with Gasteiger partial charge in [0.1, 0.15) is 6.17 Å². The summed E-state index contributed by atoms with van der Waals surface area (Å²) >= 11 is 0. The van der Waals surface area contributed by atoms with Crippen molar-refractivity contribution in [3.63, 3.8) is 0 Å². The van der Waals surface area contributed by atoms with Gasteiger partial charge in [-0.2, -0.15) is 0 Å². The van der Waals surface area contributed by atoms with Crippen molar-refractivity contribution in [3.05, 3.63) is 42.2 Å². The predicted molar refractivity (Wildman–Crippen MR) is 86.7 cm³/mol. The Kier molecular flexibility index (Phi) is 3.53. The number of rotatable bonds is 3. The van der Waals surface area contributed by atoms with E-state index in [2.05, 4.69) is 40.9 Å². The molecule has 1 aliphatic heterocycles. The lowest BCUT2D eigenvalue weighted by Crippen LogP contribution is -2.48. The Balaban J connectivity index is 2.06. The summed E-state index contributed by atoms with van der Waals surface area (Å²) < 4.78 is 13.1. The molecule has 110 valence electrons. The smallest absolute Gasteiger partial charge is 0.135 e. The lowest BCUT2D eigenvalue weighted by Gasteiger charge is -2.36. The van der Waals surface area contributed by atoms with Crippen LogP contribution in [0.3, 0.4) is 0 Å². The first kappa shape index (κ1) is 13.9. The highest BCUT2D eigenvalue weighted by molar-refractivity contribution is 5.94. The second-order valence-electron chi connectivity index (χ2n) is 5.52. The molecule has 0 radical (unpaired) electrons. The zero-order valence-corrected chi connectivity index (χ0v) is 12.7. The molecule has 0 aliphatic carbocycles. The number of halogens is 1. The van der Waals surface area contributed by atoms with Crippen LogP contribution in [0.25, 0.3) is 10.9 Å². The van der Waals surface area contributed by atoms with Crippen molar-refractivity contribution in [2.45, 2.75) is 20.0 Å². The Labute approximate surface area is 124 Å². The average Bonchev–Trinajstić information content (AvgIpc) is 2.49. The first-order valence-corrected chi connectivity index (χ1v) is 7.24. The molecule has 0 unspecified atom stereocenters. The van der Waals surface area contributed by atoms with E-state index in [0.717, 1.165) is 22.3 Å². The Bertz CT molecular complexity index is 689. The van der Waals surface area contributed by atoms with Crippen molar-refractivity contribution in [2.75, 3.05) is 29.9 Å². The molecule has 2 aromatic rings. The summed E-state index contributed by atoms with van der Waals surface area (Å²) in [6, 6.07) is 8.17. The van der Waals surface area contributed by atoms with Gasteiger partial charge in [0.2, 0.25) is 0 Å². The zero-order chi connectivity index (χ0) is 15.0.